The smallest absolute Gasteiger partial charge is 0.248 e. The first kappa shape index (κ1) is 10.6. The van der Waals surface area contributed by atoms with Gasteiger partial charge in [-0.25, -0.2) is 4.98 Å². The number of hydrogen-bond donors (Lipinski definition) is 3. The third-order valence-corrected chi connectivity index (χ3v) is 2.88. The van der Waals surface area contributed by atoms with E-state index in [0.717, 1.165) is 16.8 Å². The van der Waals surface area contributed by atoms with Crippen LogP contribution in [0.5, 0.6) is 5.75 Å². The van der Waals surface area contributed by atoms with Crippen molar-refractivity contribution in [3.8, 4) is 5.75 Å². The molecule has 90 valence electrons. The van der Waals surface area contributed by atoms with Crippen LogP contribution in [0.25, 0.3) is 10.9 Å². The van der Waals surface area contributed by atoms with Crippen molar-refractivity contribution in [3.05, 3.63) is 58.4 Å². The Morgan fingerprint density at radius 1 is 1.22 bits per heavy atom. The SMILES string of the molecule is O=c1ccc2c(Cc3ncc[nH]3)ccc(O)c2[nH]1. The van der Waals surface area contributed by atoms with Gasteiger partial charge in [0.1, 0.15) is 11.6 Å². The van der Waals surface area contributed by atoms with Gasteiger partial charge in [-0.05, 0) is 17.7 Å². The average molecular weight is 241 g/mol. The molecular weight excluding hydrogens is 230 g/mol. The van der Waals surface area contributed by atoms with Gasteiger partial charge >= 0.3 is 0 Å². The number of aromatic nitrogens is 3. The Balaban J connectivity index is 2.18. The van der Waals surface area contributed by atoms with Crippen LogP contribution in [0.1, 0.15) is 11.4 Å². The number of phenolic OH excluding ortho intramolecular Hbond substituents is 1. The highest BCUT2D eigenvalue weighted by atomic mass is 16.3. The Hall–Kier alpha value is -2.56. The Morgan fingerprint density at radius 3 is 2.89 bits per heavy atom. The topological polar surface area (TPSA) is 81.8 Å². The van der Waals surface area contributed by atoms with Crippen molar-refractivity contribution in [1.29, 1.82) is 0 Å². The minimum Gasteiger partial charge on any atom is -0.506 e. The fourth-order valence-electron chi connectivity index (χ4n) is 2.03. The van der Waals surface area contributed by atoms with E-state index in [1.807, 2.05) is 6.07 Å². The van der Waals surface area contributed by atoms with E-state index in [1.165, 1.54) is 6.07 Å². The minimum atomic E-state index is -0.229. The van der Waals surface area contributed by atoms with Gasteiger partial charge in [0.25, 0.3) is 0 Å². The van der Waals surface area contributed by atoms with Crippen molar-refractivity contribution in [2.24, 2.45) is 0 Å². The van der Waals surface area contributed by atoms with Crippen LogP contribution in [0, 0.1) is 0 Å². The molecule has 0 aliphatic heterocycles. The quantitative estimate of drug-likeness (QED) is 0.636. The van der Waals surface area contributed by atoms with E-state index in [-0.39, 0.29) is 11.3 Å². The molecule has 3 N–H and O–H groups in total. The molecule has 0 aliphatic carbocycles. The summed E-state index contributed by atoms with van der Waals surface area (Å²) in [5.41, 5.74) is 1.23. The van der Waals surface area contributed by atoms with Crippen molar-refractivity contribution in [2.75, 3.05) is 0 Å². The molecule has 0 saturated carbocycles. The summed E-state index contributed by atoms with van der Waals surface area (Å²) in [5.74, 6) is 0.916. The summed E-state index contributed by atoms with van der Waals surface area (Å²) in [6, 6.07) is 6.58. The van der Waals surface area contributed by atoms with Gasteiger partial charge in [-0.15, -0.1) is 0 Å². The third kappa shape index (κ3) is 1.75. The lowest BCUT2D eigenvalue weighted by molar-refractivity contribution is 0.480. The number of phenols is 1. The molecule has 5 nitrogen and oxygen atoms in total. The molecule has 18 heavy (non-hydrogen) atoms. The van der Waals surface area contributed by atoms with Crippen LogP contribution < -0.4 is 5.56 Å². The average Bonchev–Trinajstić information content (AvgIpc) is 2.86. The number of benzene rings is 1. The maximum Gasteiger partial charge on any atom is 0.248 e. The number of aromatic hydroxyl groups is 1. The predicted molar refractivity (Wildman–Crippen MR) is 67.6 cm³/mol. The van der Waals surface area contributed by atoms with Crippen LogP contribution in [0.15, 0.2) is 41.5 Å². The second-order valence-corrected chi connectivity index (χ2v) is 4.07. The van der Waals surface area contributed by atoms with Crippen molar-refractivity contribution < 1.29 is 5.11 Å². The number of aromatic amines is 2. The zero-order valence-electron chi connectivity index (χ0n) is 9.47. The van der Waals surface area contributed by atoms with Crippen molar-refractivity contribution in [2.45, 2.75) is 6.42 Å². The van der Waals surface area contributed by atoms with Crippen molar-refractivity contribution in [1.82, 2.24) is 15.0 Å². The van der Waals surface area contributed by atoms with Crippen LogP contribution in [0.3, 0.4) is 0 Å². The fourth-order valence-corrected chi connectivity index (χ4v) is 2.03. The van der Waals surface area contributed by atoms with E-state index >= 15 is 0 Å². The normalized spacial score (nSPS) is 10.9. The number of nitrogens with zero attached hydrogens (tertiary/aromatic N) is 1. The highest BCUT2D eigenvalue weighted by molar-refractivity contribution is 5.87. The molecule has 3 aromatic rings. The van der Waals surface area contributed by atoms with E-state index in [1.54, 1.807) is 24.5 Å². The van der Waals surface area contributed by atoms with Gasteiger partial charge in [-0.2, -0.15) is 0 Å². The highest BCUT2D eigenvalue weighted by Crippen LogP contribution is 2.25. The Labute approximate surface area is 102 Å². The standard InChI is InChI=1S/C13H11N3O2/c17-10-3-1-8(7-11-14-5-6-15-11)9-2-4-12(18)16-13(9)10/h1-6,17H,7H2,(H,14,15)(H,16,18). The Morgan fingerprint density at radius 2 is 2.11 bits per heavy atom. The van der Waals surface area contributed by atoms with Gasteiger partial charge < -0.3 is 15.1 Å². The fraction of sp³-hybridized carbons (Fsp3) is 0.0769. The molecule has 0 amide bonds. The molecule has 0 saturated heterocycles. The van der Waals surface area contributed by atoms with Gasteiger partial charge in [-0.1, -0.05) is 6.07 Å². The van der Waals surface area contributed by atoms with Crippen LogP contribution in [0.2, 0.25) is 0 Å². The molecule has 0 spiro atoms. The predicted octanol–water partition coefficient (Wildman–Crippen LogP) is 1.55. The van der Waals surface area contributed by atoms with Crippen LogP contribution in [0.4, 0.5) is 0 Å². The monoisotopic (exact) mass is 241 g/mol. The summed E-state index contributed by atoms with van der Waals surface area (Å²) in [7, 11) is 0. The first-order valence-corrected chi connectivity index (χ1v) is 5.56. The van der Waals surface area contributed by atoms with Crippen LogP contribution in [-0.2, 0) is 6.42 Å². The number of H-pyrrole nitrogens is 2. The van der Waals surface area contributed by atoms with Crippen molar-refractivity contribution >= 4 is 10.9 Å². The highest BCUT2D eigenvalue weighted by Gasteiger charge is 2.07. The molecule has 0 aliphatic rings. The first-order chi connectivity index (χ1) is 8.74. The van der Waals surface area contributed by atoms with Gasteiger partial charge in [0.05, 0.1) is 5.52 Å². The molecule has 2 aromatic heterocycles. The summed E-state index contributed by atoms with van der Waals surface area (Å²) in [6.07, 6.45) is 4.08. The number of rotatable bonds is 2. The second-order valence-electron chi connectivity index (χ2n) is 4.07. The number of pyridine rings is 1. The minimum absolute atomic E-state index is 0.0749. The summed E-state index contributed by atoms with van der Waals surface area (Å²) in [4.78, 5) is 21.1. The molecule has 1 aromatic carbocycles. The largest absolute Gasteiger partial charge is 0.506 e. The zero-order valence-corrected chi connectivity index (χ0v) is 9.47. The van der Waals surface area contributed by atoms with E-state index in [4.69, 9.17) is 0 Å². The second kappa shape index (κ2) is 4.03. The molecule has 0 unspecified atom stereocenters. The lowest BCUT2D eigenvalue weighted by Gasteiger charge is -2.06. The van der Waals surface area contributed by atoms with Gasteiger partial charge in [0.2, 0.25) is 5.56 Å². The summed E-state index contributed by atoms with van der Waals surface area (Å²) >= 11 is 0. The molecule has 0 radical (unpaired) electrons. The van der Waals surface area contributed by atoms with E-state index in [9.17, 15) is 9.90 Å². The molecule has 0 fully saturated rings. The Kier molecular flexibility index (Phi) is 2.37. The summed E-state index contributed by atoms with van der Waals surface area (Å²) in [5, 5.41) is 10.6. The molecule has 0 atom stereocenters. The van der Waals surface area contributed by atoms with Gasteiger partial charge in [0.15, 0.2) is 0 Å². The number of fused-ring (bicyclic) bond motifs is 1. The van der Waals surface area contributed by atoms with Crippen LogP contribution in [-0.4, -0.2) is 20.1 Å². The number of hydrogen-bond acceptors (Lipinski definition) is 3. The van der Waals surface area contributed by atoms with Crippen molar-refractivity contribution in [3.63, 3.8) is 0 Å². The lowest BCUT2D eigenvalue weighted by atomic mass is 10.0. The number of imidazole rings is 1. The number of nitrogens with one attached hydrogen (secondary N) is 2. The van der Waals surface area contributed by atoms with Gasteiger partial charge in [-0.3, -0.25) is 4.79 Å². The molecule has 0 bridgehead atoms. The summed E-state index contributed by atoms with van der Waals surface area (Å²) < 4.78 is 0. The zero-order chi connectivity index (χ0) is 12.5. The maximum atomic E-state index is 11.3. The van der Waals surface area contributed by atoms with Gasteiger partial charge in [0, 0.05) is 30.3 Å². The maximum absolute atomic E-state index is 11.3. The Bertz CT molecular complexity index is 745. The van der Waals surface area contributed by atoms with E-state index in [2.05, 4.69) is 15.0 Å². The van der Waals surface area contributed by atoms with Crippen LogP contribution >= 0.6 is 0 Å². The molecule has 5 heteroatoms. The lowest BCUT2D eigenvalue weighted by Crippen LogP contribution is -2.04. The molecule has 3 rings (SSSR count). The summed E-state index contributed by atoms with van der Waals surface area (Å²) in [6.45, 7) is 0. The molecule has 2 heterocycles. The first-order valence-electron chi connectivity index (χ1n) is 5.56. The van der Waals surface area contributed by atoms with E-state index < -0.39 is 0 Å². The van der Waals surface area contributed by atoms with E-state index in [0.29, 0.717) is 11.9 Å². The third-order valence-electron chi connectivity index (χ3n) is 2.88. The molecular formula is C13H11N3O2.